The molecule has 3 rings (SSSR count). The lowest BCUT2D eigenvalue weighted by atomic mass is 10.2. The van der Waals surface area contributed by atoms with Crippen molar-refractivity contribution in [2.75, 3.05) is 12.4 Å². The number of aromatic nitrogens is 3. The molecular weight excluding hydrogens is 316 g/mol. The Bertz CT molecular complexity index is 919. The molecule has 8 heteroatoms. The van der Waals surface area contributed by atoms with Gasteiger partial charge in [0.15, 0.2) is 5.69 Å². The topological polar surface area (TPSA) is 78.2 Å². The number of methoxy groups -OCH3 is 1. The van der Waals surface area contributed by atoms with Crippen LogP contribution in [0.5, 0.6) is 0 Å². The van der Waals surface area contributed by atoms with Crippen molar-refractivity contribution in [2.24, 2.45) is 14.1 Å². The molecule has 3 aromatic rings. The Morgan fingerprint density at radius 3 is 2.74 bits per heavy atom. The smallest absolute Gasteiger partial charge is 0.358 e. The van der Waals surface area contributed by atoms with Gasteiger partial charge in [-0.15, -0.1) is 11.3 Å². The lowest BCUT2D eigenvalue weighted by Crippen LogP contribution is -2.18. The number of aryl methyl sites for hydroxylation is 3. The number of ether oxygens (including phenoxy) is 1. The van der Waals surface area contributed by atoms with Gasteiger partial charge in [-0.3, -0.25) is 9.48 Å². The first-order valence-electron chi connectivity index (χ1n) is 6.90. The molecule has 0 atom stereocenters. The molecule has 0 aromatic carbocycles. The maximum atomic E-state index is 12.6. The summed E-state index contributed by atoms with van der Waals surface area (Å²) in [6, 6.07) is 3.80. The molecule has 0 unspecified atom stereocenters. The van der Waals surface area contributed by atoms with Crippen molar-refractivity contribution >= 4 is 39.1 Å². The van der Waals surface area contributed by atoms with E-state index in [2.05, 4.69) is 10.4 Å². The fourth-order valence-electron chi connectivity index (χ4n) is 2.58. The molecule has 1 N–H and O–H groups in total. The fourth-order valence-corrected chi connectivity index (χ4v) is 3.43. The van der Waals surface area contributed by atoms with Crippen LogP contribution < -0.4 is 5.32 Å². The largest absolute Gasteiger partial charge is 0.464 e. The number of hydrogen-bond donors (Lipinski definition) is 1. The second-order valence-electron chi connectivity index (χ2n) is 5.14. The lowest BCUT2D eigenvalue weighted by Gasteiger charge is -2.08. The van der Waals surface area contributed by atoms with Crippen LogP contribution in [0.4, 0.5) is 5.69 Å². The van der Waals surface area contributed by atoms with E-state index in [0.29, 0.717) is 17.1 Å². The minimum atomic E-state index is -0.545. The predicted octanol–water partition coefficient (Wildman–Crippen LogP) is 2.32. The number of esters is 1. The van der Waals surface area contributed by atoms with Crippen molar-refractivity contribution in [3.8, 4) is 0 Å². The van der Waals surface area contributed by atoms with Crippen LogP contribution in [0, 0.1) is 6.92 Å². The number of nitrogens with one attached hydrogen (secondary N) is 1. The van der Waals surface area contributed by atoms with Gasteiger partial charge in [0.1, 0.15) is 5.69 Å². The first-order valence-corrected chi connectivity index (χ1v) is 7.78. The van der Waals surface area contributed by atoms with Crippen LogP contribution in [0.25, 0.3) is 10.2 Å². The van der Waals surface area contributed by atoms with E-state index in [0.717, 1.165) is 10.2 Å². The SMILES string of the molecule is COC(=O)c1c(NC(=O)c2cc3sccc3n2C)c(C)nn1C. The molecule has 0 aliphatic carbocycles. The minimum absolute atomic E-state index is 0.217. The molecule has 0 bridgehead atoms. The van der Waals surface area contributed by atoms with Crippen LogP contribution >= 0.6 is 11.3 Å². The van der Waals surface area contributed by atoms with Crippen LogP contribution in [0.2, 0.25) is 0 Å². The van der Waals surface area contributed by atoms with E-state index in [1.165, 1.54) is 11.8 Å². The number of carbonyl (C=O) groups is 2. The molecule has 23 heavy (non-hydrogen) atoms. The highest BCUT2D eigenvalue weighted by atomic mass is 32.1. The second kappa shape index (κ2) is 5.54. The van der Waals surface area contributed by atoms with Gasteiger partial charge in [0.05, 0.1) is 28.7 Å². The summed E-state index contributed by atoms with van der Waals surface area (Å²) < 4.78 is 9.03. The normalized spacial score (nSPS) is 11.0. The molecule has 0 saturated heterocycles. The van der Waals surface area contributed by atoms with Gasteiger partial charge in [0.2, 0.25) is 0 Å². The van der Waals surface area contributed by atoms with Gasteiger partial charge in [-0.1, -0.05) is 0 Å². The van der Waals surface area contributed by atoms with Crippen LogP contribution in [0.1, 0.15) is 26.7 Å². The third kappa shape index (κ3) is 2.40. The summed E-state index contributed by atoms with van der Waals surface area (Å²) in [5.74, 6) is -0.839. The van der Waals surface area contributed by atoms with E-state index in [1.54, 1.807) is 25.3 Å². The second-order valence-corrected chi connectivity index (χ2v) is 6.08. The van der Waals surface area contributed by atoms with E-state index in [4.69, 9.17) is 4.74 Å². The zero-order valence-electron chi connectivity index (χ0n) is 13.2. The highest BCUT2D eigenvalue weighted by molar-refractivity contribution is 7.17. The quantitative estimate of drug-likeness (QED) is 0.747. The molecule has 0 fully saturated rings. The van der Waals surface area contributed by atoms with Gasteiger partial charge in [-0.05, 0) is 24.4 Å². The van der Waals surface area contributed by atoms with Crippen LogP contribution in [0.3, 0.4) is 0 Å². The summed E-state index contributed by atoms with van der Waals surface area (Å²) in [5.41, 5.74) is 2.66. The third-order valence-electron chi connectivity index (χ3n) is 3.74. The zero-order chi connectivity index (χ0) is 16.7. The average molecular weight is 332 g/mol. The maximum absolute atomic E-state index is 12.6. The standard InChI is InChI=1S/C15H16N4O3S/c1-8-12(13(15(21)22-4)19(3)17-8)16-14(20)10-7-11-9(18(10)2)5-6-23-11/h5-7H,1-4H3,(H,16,20). The molecule has 1 amide bonds. The molecule has 0 spiro atoms. The Balaban J connectivity index is 1.99. The Hall–Kier alpha value is -2.61. The summed E-state index contributed by atoms with van der Waals surface area (Å²) in [5, 5.41) is 8.94. The van der Waals surface area contributed by atoms with Crippen molar-refractivity contribution in [3.63, 3.8) is 0 Å². The summed E-state index contributed by atoms with van der Waals surface area (Å²) in [7, 11) is 4.76. The summed E-state index contributed by atoms with van der Waals surface area (Å²) in [6.07, 6.45) is 0. The van der Waals surface area contributed by atoms with Crippen molar-refractivity contribution in [1.82, 2.24) is 14.3 Å². The molecule has 3 aromatic heterocycles. The molecule has 0 radical (unpaired) electrons. The number of nitrogens with zero attached hydrogens (tertiary/aromatic N) is 3. The van der Waals surface area contributed by atoms with Crippen molar-refractivity contribution < 1.29 is 14.3 Å². The zero-order valence-corrected chi connectivity index (χ0v) is 14.0. The van der Waals surface area contributed by atoms with Crippen LogP contribution in [-0.2, 0) is 18.8 Å². The Morgan fingerprint density at radius 1 is 1.35 bits per heavy atom. The van der Waals surface area contributed by atoms with Gasteiger partial charge in [-0.2, -0.15) is 5.10 Å². The number of rotatable bonds is 3. The monoisotopic (exact) mass is 332 g/mol. The molecule has 7 nitrogen and oxygen atoms in total. The van der Waals surface area contributed by atoms with E-state index >= 15 is 0 Å². The van der Waals surface area contributed by atoms with Gasteiger partial charge in [0, 0.05) is 14.1 Å². The average Bonchev–Trinajstić information content (AvgIpc) is 3.15. The molecule has 3 heterocycles. The highest BCUT2D eigenvalue weighted by Gasteiger charge is 2.24. The van der Waals surface area contributed by atoms with E-state index < -0.39 is 5.97 Å². The number of amides is 1. The summed E-state index contributed by atoms with van der Waals surface area (Å²) in [4.78, 5) is 24.5. The molecule has 120 valence electrons. The van der Waals surface area contributed by atoms with Crippen LogP contribution in [-0.4, -0.2) is 33.3 Å². The Kier molecular flexibility index (Phi) is 3.69. The summed E-state index contributed by atoms with van der Waals surface area (Å²) in [6.45, 7) is 1.73. The first kappa shape index (κ1) is 15.3. The van der Waals surface area contributed by atoms with Crippen LogP contribution in [0.15, 0.2) is 17.5 Å². The van der Waals surface area contributed by atoms with Gasteiger partial charge >= 0.3 is 5.97 Å². The van der Waals surface area contributed by atoms with Crippen molar-refractivity contribution in [2.45, 2.75) is 6.92 Å². The fraction of sp³-hybridized carbons (Fsp3) is 0.267. The van der Waals surface area contributed by atoms with Gasteiger partial charge < -0.3 is 14.6 Å². The van der Waals surface area contributed by atoms with E-state index in [1.807, 2.05) is 29.1 Å². The Labute approximate surface area is 136 Å². The first-order chi connectivity index (χ1) is 10.9. The molecule has 0 aliphatic heterocycles. The molecule has 0 aliphatic rings. The molecular formula is C15H16N4O3S. The van der Waals surface area contributed by atoms with Crippen molar-refractivity contribution in [3.05, 3.63) is 34.6 Å². The minimum Gasteiger partial charge on any atom is -0.464 e. The maximum Gasteiger partial charge on any atom is 0.358 e. The number of hydrogen-bond acceptors (Lipinski definition) is 5. The molecule has 0 saturated carbocycles. The predicted molar refractivity (Wildman–Crippen MR) is 88.0 cm³/mol. The highest BCUT2D eigenvalue weighted by Crippen LogP contribution is 2.26. The number of thiophene rings is 1. The number of carbonyl (C=O) groups excluding carboxylic acids is 2. The van der Waals surface area contributed by atoms with Crippen molar-refractivity contribution in [1.29, 1.82) is 0 Å². The lowest BCUT2D eigenvalue weighted by molar-refractivity contribution is 0.0589. The van der Waals surface area contributed by atoms with Gasteiger partial charge in [-0.25, -0.2) is 4.79 Å². The van der Waals surface area contributed by atoms with Gasteiger partial charge in [0.25, 0.3) is 5.91 Å². The third-order valence-corrected chi connectivity index (χ3v) is 4.59. The Morgan fingerprint density at radius 2 is 2.09 bits per heavy atom. The van der Waals surface area contributed by atoms with E-state index in [9.17, 15) is 9.59 Å². The van der Waals surface area contributed by atoms with E-state index in [-0.39, 0.29) is 11.6 Å². The number of fused-ring (bicyclic) bond motifs is 1. The summed E-state index contributed by atoms with van der Waals surface area (Å²) >= 11 is 1.57. The number of anilines is 1.